The Kier molecular flexibility index (Phi) is 2.14. The minimum atomic E-state index is 0.692. The molecule has 1 N–H and O–H groups in total. The largest absolute Gasteiger partial charge is 0.303 e. The van der Waals surface area contributed by atoms with E-state index in [2.05, 4.69) is 38.2 Å². The molecule has 0 bridgehead atoms. The number of halogens is 1. The molecular weight excluding hydrogens is 251 g/mol. The predicted molar refractivity (Wildman–Crippen MR) is 54.7 cm³/mol. The quantitative estimate of drug-likeness (QED) is 0.600. The van der Waals surface area contributed by atoms with E-state index in [1.807, 2.05) is 0 Å². The third kappa shape index (κ3) is 1.31. The van der Waals surface area contributed by atoms with Crippen molar-refractivity contribution in [1.82, 2.24) is 8.43 Å². The van der Waals surface area contributed by atoms with Gasteiger partial charge in [-0.2, -0.15) is 0 Å². The zero-order chi connectivity index (χ0) is 7.90. The van der Waals surface area contributed by atoms with Gasteiger partial charge in [-0.05, 0) is 25.9 Å². The third-order valence-corrected chi connectivity index (χ3v) is 3.98. The Hall–Kier alpha value is 0.650. The molecule has 1 saturated carbocycles. The van der Waals surface area contributed by atoms with Gasteiger partial charge in [-0.1, -0.05) is 6.92 Å². The van der Waals surface area contributed by atoms with Crippen LogP contribution in [0.4, 0.5) is 0 Å². The first-order chi connectivity index (χ1) is 5.30. The molecule has 2 rings (SSSR count). The van der Waals surface area contributed by atoms with Gasteiger partial charge in [0.05, 0.1) is 0 Å². The number of nitrogens with zero attached hydrogens (tertiary/aromatic N) is 1. The van der Waals surface area contributed by atoms with Crippen molar-refractivity contribution < 1.29 is 0 Å². The van der Waals surface area contributed by atoms with E-state index in [0.717, 1.165) is 6.04 Å². The van der Waals surface area contributed by atoms with Crippen molar-refractivity contribution in [1.29, 1.82) is 0 Å². The van der Waals surface area contributed by atoms with Gasteiger partial charge in [-0.25, -0.2) is 0 Å². The summed E-state index contributed by atoms with van der Waals surface area (Å²) in [7, 11) is 0. The third-order valence-electron chi connectivity index (χ3n) is 3.23. The van der Waals surface area contributed by atoms with Gasteiger partial charge in [-0.3, -0.25) is 3.53 Å². The number of nitrogens with one attached hydrogen (secondary N) is 1. The molecule has 3 heteroatoms. The minimum absolute atomic E-state index is 0.692. The van der Waals surface area contributed by atoms with Crippen molar-refractivity contribution in [3.05, 3.63) is 0 Å². The van der Waals surface area contributed by atoms with E-state index in [1.54, 1.807) is 0 Å². The van der Waals surface area contributed by atoms with Crippen LogP contribution in [0.5, 0.6) is 0 Å². The van der Waals surface area contributed by atoms with E-state index in [1.165, 1.54) is 32.5 Å². The van der Waals surface area contributed by atoms with Crippen molar-refractivity contribution in [3.63, 3.8) is 0 Å². The van der Waals surface area contributed by atoms with Gasteiger partial charge >= 0.3 is 0 Å². The number of hydrogen-bond donors (Lipinski definition) is 1. The fraction of sp³-hybridized carbons (Fsp3) is 1.00. The molecule has 2 atom stereocenters. The van der Waals surface area contributed by atoms with Crippen LogP contribution >= 0.6 is 22.9 Å². The van der Waals surface area contributed by atoms with Gasteiger partial charge in [0, 0.05) is 40.9 Å². The second kappa shape index (κ2) is 2.85. The topological polar surface area (TPSA) is 15.3 Å². The van der Waals surface area contributed by atoms with Crippen LogP contribution in [0.2, 0.25) is 0 Å². The highest BCUT2D eigenvalue weighted by Gasteiger charge is 2.56. The van der Waals surface area contributed by atoms with Crippen molar-refractivity contribution in [2.24, 2.45) is 5.41 Å². The minimum Gasteiger partial charge on any atom is -0.303 e. The Labute approximate surface area is 82.2 Å². The van der Waals surface area contributed by atoms with Crippen LogP contribution in [0.15, 0.2) is 0 Å². The lowest BCUT2D eigenvalue weighted by Gasteiger charge is -2.12. The molecule has 2 unspecified atom stereocenters. The second-order valence-corrected chi connectivity index (χ2v) is 4.47. The molecule has 1 heterocycles. The zero-order valence-corrected chi connectivity index (χ0v) is 9.10. The van der Waals surface area contributed by atoms with Gasteiger partial charge in [0.2, 0.25) is 0 Å². The molecule has 0 radical (unpaired) electrons. The van der Waals surface area contributed by atoms with E-state index in [4.69, 9.17) is 0 Å². The van der Waals surface area contributed by atoms with Crippen LogP contribution in [0.3, 0.4) is 0 Å². The van der Waals surface area contributed by atoms with Gasteiger partial charge in [0.25, 0.3) is 0 Å². The SMILES string of the molecule is CCN1CCC2(CC2NI)C1. The highest BCUT2D eigenvalue weighted by atomic mass is 127. The molecule has 1 saturated heterocycles. The fourth-order valence-electron chi connectivity index (χ4n) is 2.21. The highest BCUT2D eigenvalue weighted by molar-refractivity contribution is 14.1. The molecule has 0 aromatic rings. The lowest BCUT2D eigenvalue weighted by molar-refractivity contribution is 0.334. The molecule has 0 aromatic carbocycles. The lowest BCUT2D eigenvalue weighted by Crippen LogP contribution is -2.22. The first-order valence-corrected chi connectivity index (χ1v) is 5.47. The van der Waals surface area contributed by atoms with E-state index in [0.29, 0.717) is 5.41 Å². The Balaban J connectivity index is 1.91. The summed E-state index contributed by atoms with van der Waals surface area (Å²) in [5, 5.41) is 0. The normalized spacial score (nSPS) is 43.6. The molecule has 0 aromatic heterocycles. The van der Waals surface area contributed by atoms with Gasteiger partial charge in [0.1, 0.15) is 0 Å². The molecule has 11 heavy (non-hydrogen) atoms. The Morgan fingerprint density at radius 1 is 1.73 bits per heavy atom. The molecule has 2 nitrogen and oxygen atoms in total. The summed E-state index contributed by atoms with van der Waals surface area (Å²) in [4.78, 5) is 2.56. The Bertz CT molecular complexity index is 158. The smallest absolute Gasteiger partial charge is 0.0239 e. The first-order valence-electron chi connectivity index (χ1n) is 4.39. The predicted octanol–water partition coefficient (Wildman–Crippen LogP) is 1.41. The summed E-state index contributed by atoms with van der Waals surface area (Å²) >= 11 is 2.29. The summed E-state index contributed by atoms with van der Waals surface area (Å²) in [6.45, 7) is 6.15. The van der Waals surface area contributed by atoms with Crippen molar-refractivity contribution in [2.45, 2.75) is 25.8 Å². The molecule has 1 aliphatic heterocycles. The molecule has 64 valence electrons. The number of rotatable bonds is 2. The summed E-state index contributed by atoms with van der Waals surface area (Å²) in [6, 6.07) is 0.819. The van der Waals surface area contributed by atoms with E-state index in [9.17, 15) is 0 Å². The molecule has 2 fully saturated rings. The van der Waals surface area contributed by atoms with Gasteiger partial charge in [-0.15, -0.1) is 0 Å². The number of likely N-dealkylation sites (tertiary alicyclic amines) is 1. The van der Waals surface area contributed by atoms with E-state index in [-0.39, 0.29) is 0 Å². The summed E-state index contributed by atoms with van der Waals surface area (Å²) in [5.74, 6) is 0. The summed E-state index contributed by atoms with van der Waals surface area (Å²) in [5.41, 5.74) is 0.692. The average Bonchev–Trinajstić information content (AvgIpc) is 2.53. The van der Waals surface area contributed by atoms with E-state index >= 15 is 0 Å². The van der Waals surface area contributed by atoms with Crippen LogP contribution < -0.4 is 3.53 Å². The highest BCUT2D eigenvalue weighted by Crippen LogP contribution is 2.53. The molecular formula is C8H15IN2. The maximum atomic E-state index is 3.36. The molecule has 1 aliphatic carbocycles. The van der Waals surface area contributed by atoms with Crippen molar-refractivity contribution >= 4 is 22.9 Å². The van der Waals surface area contributed by atoms with Crippen LogP contribution in [-0.2, 0) is 0 Å². The Morgan fingerprint density at radius 2 is 2.55 bits per heavy atom. The standard InChI is InChI=1S/C8H15IN2/c1-2-11-4-3-8(6-11)5-7(8)10-9/h7,10H,2-6H2,1H3. The number of hydrogen-bond acceptors (Lipinski definition) is 2. The van der Waals surface area contributed by atoms with Crippen LogP contribution in [0.1, 0.15) is 19.8 Å². The van der Waals surface area contributed by atoms with Crippen LogP contribution in [0, 0.1) is 5.41 Å². The second-order valence-electron chi connectivity index (χ2n) is 3.85. The summed E-state index contributed by atoms with van der Waals surface area (Å²) in [6.07, 6.45) is 2.83. The molecule has 1 spiro atoms. The summed E-state index contributed by atoms with van der Waals surface area (Å²) < 4.78 is 3.36. The Morgan fingerprint density at radius 3 is 3.00 bits per heavy atom. The van der Waals surface area contributed by atoms with Gasteiger partial charge < -0.3 is 4.90 Å². The zero-order valence-electron chi connectivity index (χ0n) is 6.94. The maximum absolute atomic E-state index is 3.36. The molecule has 2 aliphatic rings. The van der Waals surface area contributed by atoms with Crippen molar-refractivity contribution in [2.75, 3.05) is 19.6 Å². The lowest BCUT2D eigenvalue weighted by atomic mass is 10.1. The molecule has 0 amide bonds. The van der Waals surface area contributed by atoms with Crippen molar-refractivity contribution in [3.8, 4) is 0 Å². The van der Waals surface area contributed by atoms with Crippen LogP contribution in [-0.4, -0.2) is 30.6 Å². The first kappa shape index (κ1) is 8.26. The monoisotopic (exact) mass is 266 g/mol. The van der Waals surface area contributed by atoms with Gasteiger partial charge in [0.15, 0.2) is 0 Å². The van der Waals surface area contributed by atoms with E-state index < -0.39 is 0 Å². The van der Waals surface area contributed by atoms with Crippen LogP contribution in [0.25, 0.3) is 0 Å². The average molecular weight is 266 g/mol. The maximum Gasteiger partial charge on any atom is 0.0239 e. The fourth-order valence-corrected chi connectivity index (χ4v) is 3.09.